The van der Waals surface area contributed by atoms with Crippen LogP contribution in [0.1, 0.15) is 19.8 Å². The zero-order chi connectivity index (χ0) is 10.9. The minimum atomic E-state index is -0.0149. The van der Waals surface area contributed by atoms with Gasteiger partial charge in [-0.3, -0.25) is 10.1 Å². The third-order valence-electron chi connectivity index (χ3n) is 3.14. The summed E-state index contributed by atoms with van der Waals surface area (Å²) in [5.74, 6) is 1.03. The van der Waals surface area contributed by atoms with Crippen LogP contribution in [0.15, 0.2) is 0 Å². The topological polar surface area (TPSA) is 56.1 Å². The lowest BCUT2D eigenvalue weighted by Crippen LogP contribution is -2.51. The quantitative estimate of drug-likeness (QED) is 0.654. The predicted molar refractivity (Wildman–Crippen MR) is 59.2 cm³/mol. The molecule has 2 aliphatic heterocycles. The molecule has 0 bridgehead atoms. The Morgan fingerprint density at radius 1 is 1.60 bits per heavy atom. The van der Waals surface area contributed by atoms with Gasteiger partial charge in [0.1, 0.15) is 6.04 Å². The van der Waals surface area contributed by atoms with Crippen molar-refractivity contribution in [3.05, 3.63) is 0 Å². The summed E-state index contributed by atoms with van der Waals surface area (Å²) in [5, 5.41) is 12.2. The van der Waals surface area contributed by atoms with Crippen LogP contribution < -0.4 is 5.32 Å². The van der Waals surface area contributed by atoms with Crippen LogP contribution >= 0.6 is 11.8 Å². The van der Waals surface area contributed by atoms with Gasteiger partial charge in [-0.2, -0.15) is 5.26 Å². The average Bonchev–Trinajstić information content (AvgIpc) is 2.62. The maximum atomic E-state index is 11.2. The van der Waals surface area contributed by atoms with Gasteiger partial charge in [0.05, 0.1) is 10.9 Å². The van der Waals surface area contributed by atoms with Crippen molar-refractivity contribution in [2.75, 3.05) is 18.8 Å². The van der Waals surface area contributed by atoms with Gasteiger partial charge in [-0.1, -0.05) is 0 Å². The van der Waals surface area contributed by atoms with Crippen LogP contribution in [0, 0.1) is 11.3 Å². The summed E-state index contributed by atoms with van der Waals surface area (Å²) >= 11 is 1.84. The Morgan fingerprint density at radius 3 is 2.73 bits per heavy atom. The molecular formula is C10H15N3OS. The highest BCUT2D eigenvalue weighted by Crippen LogP contribution is 2.38. The molecule has 2 fully saturated rings. The molecule has 5 heteroatoms. The van der Waals surface area contributed by atoms with E-state index in [9.17, 15) is 4.79 Å². The molecule has 15 heavy (non-hydrogen) atoms. The van der Waals surface area contributed by atoms with Crippen LogP contribution in [0.3, 0.4) is 0 Å². The van der Waals surface area contributed by atoms with Gasteiger partial charge in [0.2, 0.25) is 5.91 Å². The highest BCUT2D eigenvalue weighted by Gasteiger charge is 2.41. The molecule has 0 radical (unpaired) electrons. The van der Waals surface area contributed by atoms with Gasteiger partial charge in [-0.15, -0.1) is 11.8 Å². The average molecular weight is 225 g/mol. The Morgan fingerprint density at radius 2 is 2.27 bits per heavy atom. The number of piperidine rings is 1. The molecule has 0 unspecified atom stereocenters. The fraction of sp³-hybridized carbons (Fsp3) is 0.800. The van der Waals surface area contributed by atoms with Crippen molar-refractivity contribution >= 4 is 17.7 Å². The van der Waals surface area contributed by atoms with Gasteiger partial charge in [-0.05, 0) is 12.8 Å². The zero-order valence-corrected chi connectivity index (χ0v) is 9.64. The fourth-order valence-corrected chi connectivity index (χ4v) is 3.53. The van der Waals surface area contributed by atoms with Crippen molar-refractivity contribution in [1.29, 1.82) is 5.26 Å². The number of rotatable bonds is 0. The van der Waals surface area contributed by atoms with Crippen molar-refractivity contribution in [1.82, 2.24) is 10.2 Å². The van der Waals surface area contributed by atoms with Gasteiger partial charge in [0.25, 0.3) is 0 Å². The Kier molecular flexibility index (Phi) is 2.89. The summed E-state index contributed by atoms with van der Waals surface area (Å²) in [6.07, 6.45) is 1.91. The largest absolute Gasteiger partial charge is 0.343 e. The highest BCUT2D eigenvalue weighted by molar-refractivity contribution is 8.00. The number of nitriles is 1. The molecule has 0 aromatic rings. The van der Waals surface area contributed by atoms with E-state index in [-0.39, 0.29) is 16.8 Å². The van der Waals surface area contributed by atoms with E-state index in [1.807, 2.05) is 16.7 Å². The minimum absolute atomic E-state index is 0.0149. The predicted octanol–water partition coefficient (Wildman–Crippen LogP) is 0.554. The Bertz CT molecular complexity index is 304. The first-order valence-corrected chi connectivity index (χ1v) is 6.20. The number of likely N-dealkylation sites (tertiary alicyclic amines) is 1. The molecule has 0 aromatic carbocycles. The molecule has 0 aromatic heterocycles. The van der Waals surface area contributed by atoms with Crippen molar-refractivity contribution in [2.24, 2.45) is 0 Å². The molecule has 1 N–H and O–H groups in total. The lowest BCUT2D eigenvalue weighted by atomic mass is 10.0. The van der Waals surface area contributed by atoms with Crippen molar-refractivity contribution in [2.45, 2.75) is 30.7 Å². The number of nitrogens with zero attached hydrogens (tertiary/aromatic N) is 2. The second kappa shape index (κ2) is 4.03. The van der Waals surface area contributed by atoms with E-state index in [0.717, 1.165) is 31.7 Å². The summed E-state index contributed by atoms with van der Waals surface area (Å²) in [6.45, 7) is 3.24. The first kappa shape index (κ1) is 10.8. The summed E-state index contributed by atoms with van der Waals surface area (Å²) < 4.78 is 0. The summed E-state index contributed by atoms with van der Waals surface area (Å²) in [7, 11) is 0. The third kappa shape index (κ3) is 2.11. The molecule has 4 nitrogen and oxygen atoms in total. The number of nitrogens with one attached hydrogen (secondary N) is 1. The maximum absolute atomic E-state index is 11.2. The number of carbonyl (C=O) groups is 1. The van der Waals surface area contributed by atoms with Crippen LogP contribution in [-0.2, 0) is 4.79 Å². The first-order chi connectivity index (χ1) is 7.15. The normalized spacial score (nSPS) is 29.1. The standard InChI is InChI=1S/C10H15N3OS/c1-8(14)13-4-2-10(3-5-13)12-9(6-11)7-15-10/h9,12H,2-5,7H2,1H3/t9-/m1/s1. The van der Waals surface area contributed by atoms with Crippen LogP contribution in [-0.4, -0.2) is 40.6 Å². The van der Waals surface area contributed by atoms with E-state index < -0.39 is 0 Å². The lowest BCUT2D eigenvalue weighted by Gasteiger charge is -2.38. The second-order valence-corrected chi connectivity index (χ2v) is 5.54. The number of hydrogen-bond donors (Lipinski definition) is 1. The highest BCUT2D eigenvalue weighted by atomic mass is 32.2. The van der Waals surface area contributed by atoms with Crippen LogP contribution in [0.2, 0.25) is 0 Å². The summed E-state index contributed by atoms with van der Waals surface area (Å²) in [6, 6.07) is 2.24. The molecule has 1 atom stereocenters. The fourth-order valence-electron chi connectivity index (χ4n) is 2.18. The molecule has 0 saturated carbocycles. The molecule has 82 valence electrons. The number of amides is 1. The number of thioether (sulfide) groups is 1. The Hall–Kier alpha value is -0.730. The molecule has 2 saturated heterocycles. The van der Waals surface area contributed by atoms with E-state index >= 15 is 0 Å². The van der Waals surface area contributed by atoms with E-state index in [4.69, 9.17) is 5.26 Å². The van der Waals surface area contributed by atoms with Gasteiger partial charge >= 0.3 is 0 Å². The van der Waals surface area contributed by atoms with Crippen molar-refractivity contribution in [3.8, 4) is 6.07 Å². The molecule has 2 rings (SSSR count). The third-order valence-corrected chi connectivity index (χ3v) is 4.71. The Labute approximate surface area is 94.0 Å². The molecular weight excluding hydrogens is 210 g/mol. The first-order valence-electron chi connectivity index (χ1n) is 5.22. The number of carbonyl (C=O) groups excluding carboxylic acids is 1. The van der Waals surface area contributed by atoms with Crippen molar-refractivity contribution in [3.63, 3.8) is 0 Å². The van der Waals surface area contributed by atoms with E-state index in [1.165, 1.54) is 0 Å². The van der Waals surface area contributed by atoms with E-state index in [2.05, 4.69) is 11.4 Å². The molecule has 2 aliphatic rings. The monoisotopic (exact) mass is 225 g/mol. The van der Waals surface area contributed by atoms with Crippen LogP contribution in [0.5, 0.6) is 0 Å². The van der Waals surface area contributed by atoms with Gasteiger partial charge in [-0.25, -0.2) is 0 Å². The maximum Gasteiger partial charge on any atom is 0.219 e. The molecule has 1 spiro atoms. The van der Waals surface area contributed by atoms with Gasteiger partial charge in [0.15, 0.2) is 0 Å². The number of hydrogen-bond acceptors (Lipinski definition) is 4. The van der Waals surface area contributed by atoms with Gasteiger partial charge in [0, 0.05) is 25.8 Å². The summed E-state index contributed by atoms with van der Waals surface area (Å²) in [5.41, 5.74) is 0. The molecule has 1 amide bonds. The van der Waals surface area contributed by atoms with Crippen LogP contribution in [0.25, 0.3) is 0 Å². The molecule has 2 heterocycles. The zero-order valence-electron chi connectivity index (χ0n) is 8.82. The summed E-state index contributed by atoms with van der Waals surface area (Å²) in [4.78, 5) is 13.1. The van der Waals surface area contributed by atoms with E-state index in [1.54, 1.807) is 6.92 Å². The Balaban J connectivity index is 1.93. The SMILES string of the molecule is CC(=O)N1CCC2(CC1)N[C@H](C#N)CS2. The van der Waals surface area contributed by atoms with Crippen molar-refractivity contribution < 1.29 is 4.79 Å². The lowest BCUT2D eigenvalue weighted by molar-refractivity contribution is -0.130. The molecule has 0 aliphatic carbocycles. The van der Waals surface area contributed by atoms with E-state index in [0.29, 0.717) is 0 Å². The smallest absolute Gasteiger partial charge is 0.219 e. The van der Waals surface area contributed by atoms with Gasteiger partial charge < -0.3 is 4.90 Å². The minimum Gasteiger partial charge on any atom is -0.343 e. The second-order valence-electron chi connectivity index (χ2n) is 4.14. The van der Waals surface area contributed by atoms with Crippen LogP contribution in [0.4, 0.5) is 0 Å².